The zero-order valence-corrected chi connectivity index (χ0v) is 14.0. The Morgan fingerprint density at radius 1 is 1.29 bits per heavy atom. The van der Waals surface area contributed by atoms with E-state index in [2.05, 4.69) is 20.5 Å². The Labute approximate surface area is 142 Å². The van der Waals surface area contributed by atoms with Crippen molar-refractivity contribution in [2.75, 3.05) is 26.2 Å². The van der Waals surface area contributed by atoms with Crippen molar-refractivity contribution in [2.45, 2.75) is 37.8 Å². The van der Waals surface area contributed by atoms with Gasteiger partial charge in [0.2, 0.25) is 0 Å². The number of nitrogens with zero attached hydrogens (tertiary/aromatic N) is 1. The molecule has 0 aliphatic carbocycles. The number of nitrogens with one attached hydrogen (secondary N) is 3. The summed E-state index contributed by atoms with van der Waals surface area (Å²) in [6.07, 6.45) is 6.67. The summed E-state index contributed by atoms with van der Waals surface area (Å²) in [5, 5.41) is 6.60. The fraction of sp³-hybridized carbons (Fsp3) is 0.667. The molecule has 3 saturated heterocycles. The molecule has 3 aliphatic heterocycles. The Morgan fingerprint density at radius 3 is 3.04 bits per heavy atom. The molecule has 4 rings (SSSR count). The summed E-state index contributed by atoms with van der Waals surface area (Å²) >= 11 is 0. The van der Waals surface area contributed by atoms with Crippen LogP contribution in [0.1, 0.15) is 36.0 Å². The molecule has 0 spiro atoms. The average Bonchev–Trinajstić information content (AvgIpc) is 2.62. The van der Waals surface area contributed by atoms with Crippen LogP contribution >= 0.6 is 0 Å². The van der Waals surface area contributed by atoms with E-state index in [0.717, 1.165) is 25.6 Å². The van der Waals surface area contributed by atoms with Gasteiger partial charge in [-0.15, -0.1) is 0 Å². The SMILES string of the molecule is O=C(NC[C@H]1[C@@H]2CNC[C@@H](C2)[C@@H]2CCCCN21)c1ccc[nH]c1=O. The average molecular weight is 330 g/mol. The van der Waals surface area contributed by atoms with E-state index < -0.39 is 0 Å². The van der Waals surface area contributed by atoms with Crippen LogP contribution in [0.25, 0.3) is 0 Å². The van der Waals surface area contributed by atoms with Crippen molar-refractivity contribution in [2.24, 2.45) is 11.8 Å². The molecule has 4 atom stereocenters. The van der Waals surface area contributed by atoms with Crippen molar-refractivity contribution in [3.63, 3.8) is 0 Å². The van der Waals surface area contributed by atoms with E-state index in [-0.39, 0.29) is 17.0 Å². The molecular weight excluding hydrogens is 304 g/mol. The predicted octanol–water partition coefficient (Wildman–Crippen LogP) is 0.567. The Kier molecular flexibility index (Phi) is 4.41. The molecule has 0 saturated carbocycles. The highest BCUT2D eigenvalue weighted by molar-refractivity contribution is 5.93. The number of fused-ring (bicyclic) bond motifs is 4. The number of amides is 1. The fourth-order valence-electron chi connectivity index (χ4n) is 4.94. The molecule has 6 nitrogen and oxygen atoms in total. The van der Waals surface area contributed by atoms with E-state index in [0.29, 0.717) is 24.5 Å². The number of pyridine rings is 1. The molecule has 1 aromatic rings. The molecule has 0 radical (unpaired) electrons. The minimum absolute atomic E-state index is 0.197. The van der Waals surface area contributed by atoms with Gasteiger partial charge in [-0.05, 0) is 62.9 Å². The molecule has 1 aromatic heterocycles. The molecule has 6 heteroatoms. The molecule has 1 amide bonds. The van der Waals surface area contributed by atoms with Gasteiger partial charge in [0.15, 0.2) is 0 Å². The molecule has 130 valence electrons. The van der Waals surface area contributed by atoms with Gasteiger partial charge < -0.3 is 15.6 Å². The van der Waals surface area contributed by atoms with Gasteiger partial charge in [-0.2, -0.15) is 0 Å². The molecule has 3 fully saturated rings. The maximum Gasteiger partial charge on any atom is 0.260 e. The summed E-state index contributed by atoms with van der Waals surface area (Å²) in [4.78, 5) is 29.4. The number of aromatic nitrogens is 1. The maximum absolute atomic E-state index is 12.4. The lowest BCUT2D eigenvalue weighted by Gasteiger charge is -2.55. The van der Waals surface area contributed by atoms with Crippen molar-refractivity contribution < 1.29 is 4.79 Å². The first-order valence-corrected chi connectivity index (χ1v) is 9.16. The monoisotopic (exact) mass is 330 g/mol. The van der Waals surface area contributed by atoms with Crippen LogP contribution in [-0.2, 0) is 0 Å². The lowest BCUT2D eigenvalue weighted by Crippen LogP contribution is -2.65. The lowest BCUT2D eigenvalue weighted by atomic mass is 9.73. The van der Waals surface area contributed by atoms with Crippen LogP contribution in [0.4, 0.5) is 0 Å². The zero-order chi connectivity index (χ0) is 16.5. The van der Waals surface area contributed by atoms with Gasteiger partial charge in [0, 0.05) is 24.8 Å². The van der Waals surface area contributed by atoms with Crippen LogP contribution in [-0.4, -0.2) is 54.1 Å². The van der Waals surface area contributed by atoms with Crippen LogP contribution in [0, 0.1) is 11.8 Å². The van der Waals surface area contributed by atoms with E-state index in [4.69, 9.17) is 0 Å². The topological polar surface area (TPSA) is 77.2 Å². The summed E-state index contributed by atoms with van der Waals surface area (Å²) in [7, 11) is 0. The molecule has 3 N–H and O–H groups in total. The van der Waals surface area contributed by atoms with Crippen LogP contribution < -0.4 is 16.2 Å². The summed E-state index contributed by atoms with van der Waals surface area (Å²) in [5.41, 5.74) is -0.128. The van der Waals surface area contributed by atoms with Crippen molar-refractivity contribution in [1.82, 2.24) is 20.5 Å². The zero-order valence-electron chi connectivity index (χ0n) is 14.0. The number of carbonyl (C=O) groups is 1. The van der Waals surface area contributed by atoms with Gasteiger partial charge in [-0.25, -0.2) is 0 Å². The maximum atomic E-state index is 12.4. The first-order valence-electron chi connectivity index (χ1n) is 9.16. The van der Waals surface area contributed by atoms with Gasteiger partial charge in [-0.1, -0.05) is 6.42 Å². The van der Waals surface area contributed by atoms with Crippen LogP contribution in [0.5, 0.6) is 0 Å². The third kappa shape index (κ3) is 2.89. The number of H-pyrrole nitrogens is 1. The van der Waals surface area contributed by atoms with E-state index in [1.54, 1.807) is 18.3 Å². The van der Waals surface area contributed by atoms with Gasteiger partial charge in [0.25, 0.3) is 11.5 Å². The number of hydrogen-bond acceptors (Lipinski definition) is 4. The fourth-order valence-corrected chi connectivity index (χ4v) is 4.94. The minimum Gasteiger partial charge on any atom is -0.350 e. The Hall–Kier alpha value is -1.66. The van der Waals surface area contributed by atoms with Crippen LogP contribution in [0.3, 0.4) is 0 Å². The van der Waals surface area contributed by atoms with E-state index in [1.807, 2.05) is 0 Å². The number of carbonyl (C=O) groups excluding carboxylic acids is 1. The van der Waals surface area contributed by atoms with Gasteiger partial charge in [0.1, 0.15) is 5.56 Å². The third-order valence-corrected chi connectivity index (χ3v) is 6.06. The van der Waals surface area contributed by atoms with Crippen LogP contribution in [0.15, 0.2) is 23.1 Å². The summed E-state index contributed by atoms with van der Waals surface area (Å²) in [6.45, 7) is 3.94. The molecule has 0 aromatic carbocycles. The van der Waals surface area contributed by atoms with Crippen molar-refractivity contribution in [3.8, 4) is 0 Å². The molecule has 0 unspecified atom stereocenters. The van der Waals surface area contributed by atoms with E-state index in [1.165, 1.54) is 25.7 Å². The number of hydrogen-bond donors (Lipinski definition) is 3. The molecule has 24 heavy (non-hydrogen) atoms. The predicted molar refractivity (Wildman–Crippen MR) is 92.0 cm³/mol. The van der Waals surface area contributed by atoms with Crippen molar-refractivity contribution >= 4 is 5.91 Å². The second-order valence-corrected chi connectivity index (χ2v) is 7.41. The number of aromatic amines is 1. The normalized spacial score (nSPS) is 32.8. The third-order valence-electron chi connectivity index (χ3n) is 6.06. The van der Waals surface area contributed by atoms with Crippen molar-refractivity contribution in [3.05, 3.63) is 34.2 Å². The van der Waals surface area contributed by atoms with Crippen LogP contribution in [0.2, 0.25) is 0 Å². The Balaban J connectivity index is 1.47. The lowest BCUT2D eigenvalue weighted by molar-refractivity contribution is -0.0371. The molecule has 2 bridgehead atoms. The van der Waals surface area contributed by atoms with Gasteiger partial charge in [0.05, 0.1) is 0 Å². The summed E-state index contributed by atoms with van der Waals surface area (Å²) in [6, 6.07) is 4.31. The Bertz CT molecular complexity index is 658. The first-order chi connectivity index (χ1) is 11.7. The first kappa shape index (κ1) is 15.8. The number of rotatable bonds is 3. The van der Waals surface area contributed by atoms with Gasteiger partial charge in [-0.3, -0.25) is 14.5 Å². The summed E-state index contributed by atoms with van der Waals surface area (Å²) < 4.78 is 0. The Morgan fingerprint density at radius 2 is 2.17 bits per heavy atom. The molecule has 4 heterocycles. The second kappa shape index (κ2) is 6.69. The second-order valence-electron chi connectivity index (χ2n) is 7.41. The molecular formula is C18H26N4O2. The standard InChI is InChI=1S/C18H26N4O2/c23-17-14(4-3-6-20-17)18(24)21-11-16-13-8-12(9-19-10-13)15-5-1-2-7-22(15)16/h3-4,6,12-13,15-16,19H,1-2,5,7-11H2,(H,20,23)(H,21,24)/t12-,13+,15+,16+/m1/s1. The van der Waals surface area contributed by atoms with Crippen molar-refractivity contribution in [1.29, 1.82) is 0 Å². The highest BCUT2D eigenvalue weighted by atomic mass is 16.2. The smallest absolute Gasteiger partial charge is 0.260 e. The minimum atomic E-state index is -0.325. The van der Waals surface area contributed by atoms with E-state index >= 15 is 0 Å². The number of piperidine rings is 3. The summed E-state index contributed by atoms with van der Waals surface area (Å²) in [5.74, 6) is 1.08. The highest BCUT2D eigenvalue weighted by Gasteiger charge is 2.45. The largest absolute Gasteiger partial charge is 0.350 e. The van der Waals surface area contributed by atoms with E-state index in [9.17, 15) is 9.59 Å². The van der Waals surface area contributed by atoms with Gasteiger partial charge >= 0.3 is 0 Å². The quantitative estimate of drug-likeness (QED) is 0.757. The highest BCUT2D eigenvalue weighted by Crippen LogP contribution is 2.38. The molecule has 3 aliphatic rings.